The number of nitrogens with one attached hydrogen (secondary N) is 1. The highest BCUT2D eigenvalue weighted by molar-refractivity contribution is 5.84. The van der Waals surface area contributed by atoms with Gasteiger partial charge in [-0.3, -0.25) is 10.1 Å². The molecule has 38 heavy (non-hydrogen) atoms. The van der Waals surface area contributed by atoms with E-state index >= 15 is 0 Å². The van der Waals surface area contributed by atoms with Crippen molar-refractivity contribution in [3.8, 4) is 11.6 Å². The van der Waals surface area contributed by atoms with Crippen molar-refractivity contribution in [2.45, 2.75) is 82.6 Å². The Balaban J connectivity index is 1.15. The second-order valence-electron chi connectivity index (χ2n) is 11.4. The SMILES string of the molecule is CC(C(=O)N(CNC1CC1)C1CC1)c1ccc(O[C@@H]2CCN(c3ncnc(OCC(C)(C)O)c3F)C2)cc1. The van der Waals surface area contributed by atoms with Gasteiger partial charge in [-0.25, -0.2) is 4.98 Å². The smallest absolute Gasteiger partial charge is 0.255 e. The molecule has 1 unspecified atom stereocenters. The van der Waals surface area contributed by atoms with E-state index in [1.54, 1.807) is 13.8 Å². The lowest BCUT2D eigenvalue weighted by molar-refractivity contribution is -0.133. The molecule has 2 atom stereocenters. The first-order chi connectivity index (χ1) is 18.2. The number of halogens is 1. The van der Waals surface area contributed by atoms with Gasteiger partial charge in [0.1, 0.15) is 24.8 Å². The number of benzene rings is 1. The van der Waals surface area contributed by atoms with E-state index in [9.17, 15) is 14.3 Å². The van der Waals surface area contributed by atoms with Crippen LogP contribution in [0.1, 0.15) is 64.4 Å². The number of hydrogen-bond acceptors (Lipinski definition) is 8. The van der Waals surface area contributed by atoms with Crippen molar-refractivity contribution in [2.75, 3.05) is 31.3 Å². The lowest BCUT2D eigenvalue weighted by Gasteiger charge is -2.26. The topological polar surface area (TPSA) is 100 Å². The van der Waals surface area contributed by atoms with E-state index in [1.807, 2.05) is 41.0 Å². The van der Waals surface area contributed by atoms with Crippen molar-refractivity contribution in [3.63, 3.8) is 0 Å². The molecule has 206 valence electrons. The van der Waals surface area contributed by atoms with Crippen LogP contribution in [0, 0.1) is 5.82 Å². The number of hydrogen-bond donors (Lipinski definition) is 2. The van der Waals surface area contributed by atoms with E-state index in [1.165, 1.54) is 19.2 Å². The normalized spacial score (nSPS) is 20.3. The minimum Gasteiger partial charge on any atom is -0.489 e. The zero-order valence-electron chi connectivity index (χ0n) is 22.4. The van der Waals surface area contributed by atoms with Crippen LogP contribution in [-0.4, -0.2) is 76.0 Å². The molecule has 10 heteroatoms. The molecule has 0 radical (unpaired) electrons. The summed E-state index contributed by atoms with van der Waals surface area (Å²) in [5.41, 5.74) is -0.136. The summed E-state index contributed by atoms with van der Waals surface area (Å²) in [6.07, 6.45) is 6.43. The molecule has 1 aromatic carbocycles. The molecule has 1 aliphatic heterocycles. The zero-order chi connectivity index (χ0) is 26.9. The molecule has 2 saturated carbocycles. The number of aliphatic hydroxyl groups is 1. The Hall–Kier alpha value is -2.98. The summed E-state index contributed by atoms with van der Waals surface area (Å²) in [7, 11) is 0. The zero-order valence-corrected chi connectivity index (χ0v) is 22.4. The number of nitrogens with zero attached hydrogens (tertiary/aromatic N) is 4. The second-order valence-corrected chi connectivity index (χ2v) is 11.4. The standard InChI is InChI=1S/C28H38FN5O4/c1-18(27(35)34(21-8-9-21)17-32-20-6-7-20)19-4-10-22(11-5-19)38-23-12-13-33(14-23)25-24(29)26(31-16-30-25)37-15-28(2,3)36/h4-5,10-11,16,18,20-21,23,32,36H,6-9,12-15,17H2,1-3H3/t18?,23-/m1/s1. The van der Waals surface area contributed by atoms with Crippen molar-refractivity contribution in [1.29, 1.82) is 0 Å². The minimum atomic E-state index is -1.10. The first-order valence-corrected chi connectivity index (χ1v) is 13.6. The van der Waals surface area contributed by atoms with Crippen LogP contribution in [0.15, 0.2) is 30.6 Å². The first kappa shape index (κ1) is 26.6. The molecule has 9 nitrogen and oxygen atoms in total. The van der Waals surface area contributed by atoms with E-state index in [0.717, 1.165) is 18.4 Å². The van der Waals surface area contributed by atoms with Gasteiger partial charge in [0.05, 0.1) is 24.7 Å². The van der Waals surface area contributed by atoms with Crippen molar-refractivity contribution in [1.82, 2.24) is 20.2 Å². The Labute approximate surface area is 223 Å². The molecule has 0 spiro atoms. The minimum absolute atomic E-state index is 0.0811. The van der Waals surface area contributed by atoms with E-state index < -0.39 is 11.4 Å². The maximum absolute atomic E-state index is 15.0. The Morgan fingerprint density at radius 3 is 2.61 bits per heavy atom. The van der Waals surface area contributed by atoms with Gasteiger partial charge in [-0.1, -0.05) is 12.1 Å². The van der Waals surface area contributed by atoms with Gasteiger partial charge in [-0.2, -0.15) is 9.37 Å². The summed E-state index contributed by atoms with van der Waals surface area (Å²) in [6, 6.07) is 8.66. The predicted molar refractivity (Wildman–Crippen MR) is 141 cm³/mol. The summed E-state index contributed by atoms with van der Waals surface area (Å²) in [6.45, 7) is 6.74. The lowest BCUT2D eigenvalue weighted by Crippen LogP contribution is -2.43. The Morgan fingerprint density at radius 1 is 1.21 bits per heavy atom. The maximum atomic E-state index is 15.0. The molecular formula is C28H38FN5O4. The first-order valence-electron chi connectivity index (χ1n) is 13.6. The summed E-state index contributed by atoms with van der Waals surface area (Å²) in [5.74, 6) is 0.000000577. The third-order valence-corrected chi connectivity index (χ3v) is 7.20. The lowest BCUT2D eigenvalue weighted by atomic mass is 9.99. The van der Waals surface area contributed by atoms with Gasteiger partial charge in [0.2, 0.25) is 11.7 Å². The van der Waals surface area contributed by atoms with Crippen molar-refractivity contribution < 1.29 is 23.8 Å². The van der Waals surface area contributed by atoms with Crippen LogP contribution in [-0.2, 0) is 4.79 Å². The predicted octanol–water partition coefficient (Wildman–Crippen LogP) is 3.23. The summed E-state index contributed by atoms with van der Waals surface area (Å²) in [4.78, 5) is 25.0. The molecule has 1 saturated heterocycles. The van der Waals surface area contributed by atoms with Crippen molar-refractivity contribution >= 4 is 11.7 Å². The third-order valence-electron chi connectivity index (χ3n) is 7.20. The quantitative estimate of drug-likeness (QED) is 0.406. The number of anilines is 1. The van der Waals surface area contributed by atoms with Gasteiger partial charge < -0.3 is 24.4 Å². The van der Waals surface area contributed by atoms with E-state index in [-0.39, 0.29) is 36.2 Å². The molecule has 2 N–H and O–H groups in total. The van der Waals surface area contributed by atoms with Crippen LogP contribution in [0.4, 0.5) is 10.2 Å². The molecule has 2 heterocycles. The van der Waals surface area contributed by atoms with Gasteiger partial charge in [-0.05, 0) is 64.2 Å². The van der Waals surface area contributed by atoms with Crippen molar-refractivity contribution in [3.05, 3.63) is 42.0 Å². The van der Waals surface area contributed by atoms with Gasteiger partial charge in [0.25, 0.3) is 5.88 Å². The van der Waals surface area contributed by atoms with Gasteiger partial charge in [-0.15, -0.1) is 0 Å². The Morgan fingerprint density at radius 2 is 1.95 bits per heavy atom. The third kappa shape index (κ3) is 6.71. The molecule has 1 amide bonds. The average Bonchev–Trinajstić information content (AvgIpc) is 3.83. The van der Waals surface area contributed by atoms with Crippen LogP contribution >= 0.6 is 0 Å². The molecule has 1 aromatic heterocycles. The molecule has 5 rings (SSSR count). The summed E-state index contributed by atoms with van der Waals surface area (Å²) in [5, 5.41) is 13.3. The largest absolute Gasteiger partial charge is 0.489 e. The van der Waals surface area contributed by atoms with E-state index in [0.29, 0.717) is 44.0 Å². The van der Waals surface area contributed by atoms with Crippen LogP contribution in [0.3, 0.4) is 0 Å². The molecule has 3 fully saturated rings. The monoisotopic (exact) mass is 527 g/mol. The number of carbonyl (C=O) groups excluding carboxylic acids is 1. The molecule has 3 aliphatic rings. The number of rotatable bonds is 12. The highest BCUT2D eigenvalue weighted by Crippen LogP contribution is 2.32. The van der Waals surface area contributed by atoms with Gasteiger partial charge in [0.15, 0.2) is 5.82 Å². The highest BCUT2D eigenvalue weighted by Gasteiger charge is 2.36. The molecule has 2 aliphatic carbocycles. The Bertz CT molecular complexity index is 1120. The summed E-state index contributed by atoms with van der Waals surface area (Å²) < 4.78 is 26.5. The van der Waals surface area contributed by atoms with Crippen LogP contribution in [0.5, 0.6) is 11.6 Å². The second kappa shape index (κ2) is 11.0. The van der Waals surface area contributed by atoms with Gasteiger partial charge in [0, 0.05) is 25.0 Å². The molecular weight excluding hydrogens is 489 g/mol. The molecule has 0 bridgehead atoms. The highest BCUT2D eigenvalue weighted by atomic mass is 19.1. The number of carbonyl (C=O) groups is 1. The number of ether oxygens (including phenoxy) is 2. The van der Waals surface area contributed by atoms with Crippen LogP contribution in [0.25, 0.3) is 0 Å². The number of amides is 1. The van der Waals surface area contributed by atoms with Crippen LogP contribution < -0.4 is 19.7 Å². The number of aromatic nitrogens is 2. The Kier molecular flexibility index (Phi) is 7.72. The fourth-order valence-corrected chi connectivity index (χ4v) is 4.63. The fraction of sp³-hybridized carbons (Fsp3) is 0.607. The van der Waals surface area contributed by atoms with E-state index in [2.05, 4.69) is 15.3 Å². The fourth-order valence-electron chi connectivity index (χ4n) is 4.63. The van der Waals surface area contributed by atoms with Crippen LogP contribution in [0.2, 0.25) is 0 Å². The van der Waals surface area contributed by atoms with Crippen molar-refractivity contribution in [2.24, 2.45) is 0 Å². The molecule has 2 aromatic rings. The van der Waals surface area contributed by atoms with Gasteiger partial charge >= 0.3 is 0 Å². The maximum Gasteiger partial charge on any atom is 0.255 e. The van der Waals surface area contributed by atoms with E-state index in [4.69, 9.17) is 9.47 Å². The average molecular weight is 528 g/mol. The summed E-state index contributed by atoms with van der Waals surface area (Å²) >= 11 is 0.